The summed E-state index contributed by atoms with van der Waals surface area (Å²) >= 11 is 7.27. The van der Waals surface area contributed by atoms with Crippen LogP contribution in [0, 0.1) is 0 Å². The highest BCUT2D eigenvalue weighted by molar-refractivity contribution is 8.01. The Balaban J connectivity index is 1.42. The van der Waals surface area contributed by atoms with Gasteiger partial charge in [0.15, 0.2) is 6.10 Å². The van der Waals surface area contributed by atoms with Crippen LogP contribution in [0.15, 0.2) is 41.3 Å². The van der Waals surface area contributed by atoms with Gasteiger partial charge < -0.3 is 20.7 Å². The minimum atomic E-state index is -0.562. The lowest BCUT2D eigenvalue weighted by Crippen LogP contribution is -2.34. The molecule has 2 heterocycles. The number of benzene rings is 2. The molecule has 0 saturated carbocycles. The van der Waals surface area contributed by atoms with Crippen LogP contribution >= 0.6 is 23.4 Å². The molecule has 2 aliphatic rings. The van der Waals surface area contributed by atoms with Crippen LogP contribution in [0.5, 0.6) is 5.75 Å². The van der Waals surface area contributed by atoms with Gasteiger partial charge in [-0.25, -0.2) is 0 Å². The van der Waals surface area contributed by atoms with Crippen LogP contribution in [0.1, 0.15) is 13.3 Å². The third-order valence-corrected chi connectivity index (χ3v) is 5.84. The Bertz CT molecular complexity index is 997. The molecule has 0 bridgehead atoms. The summed E-state index contributed by atoms with van der Waals surface area (Å²) in [6, 6.07) is 10.2. The van der Waals surface area contributed by atoms with Crippen LogP contribution < -0.4 is 20.7 Å². The maximum absolute atomic E-state index is 12.4. The lowest BCUT2D eigenvalue weighted by molar-refractivity contribution is -0.122. The second-order valence-electron chi connectivity index (χ2n) is 6.45. The SMILES string of the molecule is C[C@@H]1Oc2ccc(NC(=O)C[C@@H]3Sc4ccc(Cl)cc4NC3=O)cc2NC1=O. The van der Waals surface area contributed by atoms with Crippen molar-refractivity contribution < 1.29 is 19.1 Å². The molecule has 0 aliphatic carbocycles. The maximum Gasteiger partial charge on any atom is 0.265 e. The molecule has 2 aliphatic heterocycles. The number of rotatable bonds is 3. The van der Waals surface area contributed by atoms with Crippen LogP contribution in [-0.2, 0) is 14.4 Å². The smallest absolute Gasteiger partial charge is 0.265 e. The fraction of sp³-hybridized carbons (Fsp3) is 0.211. The molecule has 0 unspecified atom stereocenters. The number of hydrogen-bond donors (Lipinski definition) is 3. The Kier molecular flexibility index (Phi) is 4.91. The number of amides is 3. The van der Waals surface area contributed by atoms with Gasteiger partial charge in [0.1, 0.15) is 5.75 Å². The molecule has 0 radical (unpaired) electrons. The number of nitrogens with one attached hydrogen (secondary N) is 3. The highest BCUT2D eigenvalue weighted by Gasteiger charge is 2.29. The van der Waals surface area contributed by atoms with Crippen molar-refractivity contribution in [3.8, 4) is 5.75 Å². The molecule has 3 N–H and O–H groups in total. The van der Waals surface area contributed by atoms with Gasteiger partial charge >= 0.3 is 0 Å². The summed E-state index contributed by atoms with van der Waals surface area (Å²) in [7, 11) is 0. The van der Waals surface area contributed by atoms with Gasteiger partial charge in [-0.15, -0.1) is 11.8 Å². The number of thioether (sulfide) groups is 1. The van der Waals surface area contributed by atoms with E-state index in [1.54, 1.807) is 37.3 Å². The highest BCUT2D eigenvalue weighted by atomic mass is 35.5. The standard InChI is InChI=1S/C19H16ClN3O4S/c1-9-18(25)22-12-7-11(3-4-14(12)27-9)21-17(24)8-16-19(26)23-13-6-10(20)2-5-15(13)28-16/h2-7,9,16H,8H2,1H3,(H,21,24)(H,22,25)(H,23,26)/t9-,16-/m0/s1. The zero-order chi connectivity index (χ0) is 19.8. The molecule has 9 heteroatoms. The fourth-order valence-electron chi connectivity index (χ4n) is 2.92. The summed E-state index contributed by atoms with van der Waals surface area (Å²) in [6.45, 7) is 1.66. The van der Waals surface area contributed by atoms with Crippen molar-refractivity contribution in [2.45, 2.75) is 29.6 Å². The summed E-state index contributed by atoms with van der Waals surface area (Å²) in [5, 5.41) is 8.26. The average molecular weight is 418 g/mol. The lowest BCUT2D eigenvalue weighted by Gasteiger charge is -2.24. The van der Waals surface area contributed by atoms with Crippen molar-refractivity contribution in [2.75, 3.05) is 16.0 Å². The molecule has 7 nitrogen and oxygen atoms in total. The van der Waals surface area contributed by atoms with Gasteiger partial charge in [-0.2, -0.15) is 0 Å². The van der Waals surface area contributed by atoms with Crippen molar-refractivity contribution in [2.24, 2.45) is 0 Å². The van der Waals surface area contributed by atoms with Crippen LogP contribution in [0.3, 0.4) is 0 Å². The number of ether oxygens (including phenoxy) is 1. The van der Waals surface area contributed by atoms with Gasteiger partial charge in [0, 0.05) is 22.0 Å². The molecular weight excluding hydrogens is 402 g/mol. The normalized spacial score (nSPS) is 20.2. The molecule has 2 aromatic carbocycles. The fourth-order valence-corrected chi connectivity index (χ4v) is 4.19. The van der Waals surface area contributed by atoms with E-state index in [1.807, 2.05) is 6.07 Å². The van der Waals surface area contributed by atoms with Crippen LogP contribution in [0.25, 0.3) is 0 Å². The Morgan fingerprint density at radius 3 is 2.75 bits per heavy atom. The minimum absolute atomic E-state index is 0.00947. The van der Waals surface area contributed by atoms with Gasteiger partial charge in [0.05, 0.1) is 16.6 Å². The largest absolute Gasteiger partial charge is 0.479 e. The molecule has 4 rings (SSSR count). The molecule has 28 heavy (non-hydrogen) atoms. The Morgan fingerprint density at radius 1 is 1.14 bits per heavy atom. The summed E-state index contributed by atoms with van der Waals surface area (Å²) in [5.41, 5.74) is 1.66. The van der Waals surface area contributed by atoms with E-state index in [0.29, 0.717) is 27.8 Å². The summed E-state index contributed by atoms with van der Waals surface area (Å²) in [6.07, 6.45) is -0.553. The second kappa shape index (κ2) is 7.37. The third-order valence-electron chi connectivity index (χ3n) is 4.33. The molecular formula is C19H16ClN3O4S. The van der Waals surface area contributed by atoms with Crippen molar-refractivity contribution in [1.82, 2.24) is 0 Å². The van der Waals surface area contributed by atoms with Crippen LogP contribution in [0.4, 0.5) is 17.1 Å². The average Bonchev–Trinajstić information content (AvgIpc) is 2.64. The molecule has 0 fully saturated rings. The third kappa shape index (κ3) is 3.79. The highest BCUT2D eigenvalue weighted by Crippen LogP contribution is 2.38. The maximum atomic E-state index is 12.4. The first kappa shape index (κ1) is 18.6. The van der Waals surface area contributed by atoms with E-state index < -0.39 is 11.4 Å². The van der Waals surface area contributed by atoms with Crippen LogP contribution in [-0.4, -0.2) is 29.1 Å². The number of carbonyl (C=O) groups is 3. The van der Waals surface area contributed by atoms with Crippen molar-refractivity contribution in [3.63, 3.8) is 0 Å². The Hall–Kier alpha value is -2.71. The van der Waals surface area contributed by atoms with Gasteiger partial charge in [0.2, 0.25) is 11.8 Å². The van der Waals surface area contributed by atoms with Gasteiger partial charge in [-0.05, 0) is 43.3 Å². The number of hydrogen-bond acceptors (Lipinski definition) is 5. The van der Waals surface area contributed by atoms with Crippen molar-refractivity contribution in [1.29, 1.82) is 0 Å². The zero-order valence-electron chi connectivity index (χ0n) is 14.7. The quantitative estimate of drug-likeness (QED) is 0.710. The minimum Gasteiger partial charge on any atom is -0.479 e. The topological polar surface area (TPSA) is 96.5 Å². The molecule has 2 atom stereocenters. The molecule has 2 aromatic rings. The van der Waals surface area contributed by atoms with E-state index in [1.165, 1.54) is 11.8 Å². The van der Waals surface area contributed by atoms with E-state index in [4.69, 9.17) is 16.3 Å². The van der Waals surface area contributed by atoms with E-state index in [2.05, 4.69) is 16.0 Å². The molecule has 144 valence electrons. The van der Waals surface area contributed by atoms with E-state index >= 15 is 0 Å². The second-order valence-corrected chi connectivity index (χ2v) is 8.13. The first-order chi connectivity index (χ1) is 13.4. The molecule has 0 aromatic heterocycles. The van der Waals surface area contributed by atoms with E-state index in [-0.39, 0.29) is 24.1 Å². The lowest BCUT2D eigenvalue weighted by atomic mass is 10.2. The molecule has 0 spiro atoms. The molecule has 0 saturated heterocycles. The first-order valence-electron chi connectivity index (χ1n) is 8.57. The number of carbonyl (C=O) groups excluding carboxylic acids is 3. The van der Waals surface area contributed by atoms with Gasteiger partial charge in [-0.3, -0.25) is 14.4 Å². The number of halogens is 1. The van der Waals surface area contributed by atoms with Crippen molar-refractivity contribution in [3.05, 3.63) is 41.4 Å². The predicted octanol–water partition coefficient (Wildman–Crippen LogP) is 3.50. The van der Waals surface area contributed by atoms with E-state index in [0.717, 1.165) is 4.90 Å². The van der Waals surface area contributed by atoms with Gasteiger partial charge in [-0.1, -0.05) is 11.6 Å². The van der Waals surface area contributed by atoms with Gasteiger partial charge in [0.25, 0.3) is 5.91 Å². The first-order valence-corrected chi connectivity index (χ1v) is 9.83. The van der Waals surface area contributed by atoms with E-state index in [9.17, 15) is 14.4 Å². The summed E-state index contributed by atoms with van der Waals surface area (Å²) in [5.74, 6) is -0.246. The Morgan fingerprint density at radius 2 is 1.93 bits per heavy atom. The zero-order valence-corrected chi connectivity index (χ0v) is 16.3. The number of anilines is 3. The summed E-state index contributed by atoms with van der Waals surface area (Å²) < 4.78 is 5.49. The monoisotopic (exact) mass is 417 g/mol. The number of fused-ring (bicyclic) bond motifs is 2. The Labute approximate surface area is 170 Å². The molecule has 3 amide bonds. The summed E-state index contributed by atoms with van der Waals surface area (Å²) in [4.78, 5) is 37.3. The predicted molar refractivity (Wildman–Crippen MR) is 108 cm³/mol. The van der Waals surface area contributed by atoms with Crippen molar-refractivity contribution >= 4 is 58.1 Å². The van der Waals surface area contributed by atoms with Crippen LogP contribution in [0.2, 0.25) is 5.02 Å².